The van der Waals surface area contributed by atoms with E-state index in [0.717, 1.165) is 29.5 Å². The lowest BCUT2D eigenvalue weighted by molar-refractivity contribution is 0.219. The van der Waals surface area contributed by atoms with Crippen LogP contribution in [0.25, 0.3) is 0 Å². The van der Waals surface area contributed by atoms with Crippen molar-refractivity contribution < 1.29 is 18.7 Å². The van der Waals surface area contributed by atoms with E-state index in [1.54, 1.807) is 0 Å². The van der Waals surface area contributed by atoms with E-state index in [1.807, 2.05) is 26.0 Å². The molecule has 0 saturated heterocycles. The fourth-order valence-corrected chi connectivity index (χ4v) is 5.53. The molecule has 0 aromatic heterocycles. The summed E-state index contributed by atoms with van der Waals surface area (Å²) in [7, 11) is -3.17. The van der Waals surface area contributed by atoms with Crippen molar-refractivity contribution in [2.45, 2.75) is 84.2 Å². The van der Waals surface area contributed by atoms with Crippen LogP contribution in [0.15, 0.2) is 12.1 Å². The van der Waals surface area contributed by atoms with Gasteiger partial charge in [-0.15, -0.1) is 0 Å². The van der Waals surface area contributed by atoms with E-state index in [2.05, 4.69) is 20.8 Å². The number of hydrogen-bond donors (Lipinski definition) is 1. The maximum absolute atomic E-state index is 13.0. The van der Waals surface area contributed by atoms with E-state index >= 15 is 0 Å². The molecule has 0 atom stereocenters. The number of hydrogen-bond acceptors (Lipinski definition) is 4. The minimum absolute atomic E-state index is 0.190. The van der Waals surface area contributed by atoms with Crippen LogP contribution in [0.1, 0.15) is 89.3 Å². The van der Waals surface area contributed by atoms with Gasteiger partial charge in [-0.25, -0.2) is 0 Å². The molecule has 5 heteroatoms. The molecule has 2 rings (SSSR count). The summed E-state index contributed by atoms with van der Waals surface area (Å²) in [6.45, 7) is 10.7. The summed E-state index contributed by atoms with van der Waals surface area (Å²) in [5.41, 5.74) is 2.66. The van der Waals surface area contributed by atoms with Crippen LogP contribution in [-0.2, 0) is 25.2 Å². The monoisotopic (exact) mass is 382 g/mol. The molecule has 1 saturated carbocycles. The highest BCUT2D eigenvalue weighted by molar-refractivity contribution is 7.53. The van der Waals surface area contributed by atoms with Crippen LogP contribution in [0.5, 0.6) is 5.75 Å². The molecule has 0 bridgehead atoms. The molecule has 1 aliphatic carbocycles. The van der Waals surface area contributed by atoms with Crippen molar-refractivity contribution in [2.75, 3.05) is 13.2 Å². The average Bonchev–Trinajstić information content (AvgIpc) is 2.56. The molecule has 1 aromatic carbocycles. The van der Waals surface area contributed by atoms with Crippen LogP contribution in [0.4, 0.5) is 0 Å². The van der Waals surface area contributed by atoms with E-state index < -0.39 is 7.60 Å². The largest absolute Gasteiger partial charge is 0.507 e. The van der Waals surface area contributed by atoms with Crippen molar-refractivity contribution in [2.24, 2.45) is 0 Å². The van der Waals surface area contributed by atoms with Crippen LogP contribution in [-0.4, -0.2) is 18.3 Å². The molecule has 148 valence electrons. The second-order valence-corrected chi connectivity index (χ2v) is 10.3. The average molecular weight is 382 g/mol. The zero-order valence-corrected chi connectivity index (χ0v) is 17.9. The molecule has 1 aromatic rings. The lowest BCUT2D eigenvalue weighted by atomic mass is 9.78. The number of benzene rings is 1. The molecule has 0 aliphatic heterocycles. The zero-order valence-electron chi connectivity index (χ0n) is 17.0. The molecule has 26 heavy (non-hydrogen) atoms. The third-order valence-electron chi connectivity index (χ3n) is 5.08. The SMILES string of the molecule is CCOP(=O)(Cc1cc(C2CCCCC2)c(O)c(C(C)(C)C)c1)OCC. The van der Waals surface area contributed by atoms with Gasteiger partial charge in [0.25, 0.3) is 0 Å². The molecular weight excluding hydrogens is 347 g/mol. The molecule has 0 amide bonds. The Balaban J connectivity index is 2.46. The van der Waals surface area contributed by atoms with E-state index in [1.165, 1.54) is 19.3 Å². The van der Waals surface area contributed by atoms with Crippen molar-refractivity contribution in [3.8, 4) is 5.75 Å². The molecule has 0 unspecified atom stereocenters. The topological polar surface area (TPSA) is 55.8 Å². The number of aromatic hydroxyl groups is 1. The summed E-state index contributed by atoms with van der Waals surface area (Å²) < 4.78 is 24.0. The van der Waals surface area contributed by atoms with Gasteiger partial charge in [0.1, 0.15) is 5.75 Å². The zero-order chi connectivity index (χ0) is 19.4. The van der Waals surface area contributed by atoms with Gasteiger partial charge in [0, 0.05) is 0 Å². The molecule has 1 N–H and O–H groups in total. The molecule has 4 nitrogen and oxygen atoms in total. The number of rotatable bonds is 7. The van der Waals surface area contributed by atoms with Crippen LogP contribution in [0.3, 0.4) is 0 Å². The smallest absolute Gasteiger partial charge is 0.335 e. The molecule has 1 fully saturated rings. The fraction of sp³-hybridized carbons (Fsp3) is 0.714. The quantitative estimate of drug-likeness (QED) is 0.547. The van der Waals surface area contributed by atoms with Crippen molar-refractivity contribution in [3.63, 3.8) is 0 Å². The van der Waals surface area contributed by atoms with Gasteiger partial charge in [-0.05, 0) is 54.7 Å². The maximum Gasteiger partial charge on any atom is 0.335 e. The first-order chi connectivity index (χ1) is 12.2. The van der Waals surface area contributed by atoms with E-state index in [9.17, 15) is 9.67 Å². The van der Waals surface area contributed by atoms with Crippen molar-refractivity contribution in [1.29, 1.82) is 0 Å². The fourth-order valence-electron chi connectivity index (χ4n) is 3.85. The predicted octanol–water partition coefficient (Wildman–Crippen LogP) is 6.50. The third kappa shape index (κ3) is 5.34. The number of phenolic OH excluding ortho intramolecular Hbond substituents is 1. The van der Waals surface area contributed by atoms with Gasteiger partial charge >= 0.3 is 7.60 Å². The van der Waals surface area contributed by atoms with Gasteiger partial charge in [-0.3, -0.25) is 4.57 Å². The molecule has 1 aliphatic rings. The van der Waals surface area contributed by atoms with E-state index in [0.29, 0.717) is 24.9 Å². The Hall–Kier alpha value is -0.830. The molecule has 0 heterocycles. The first kappa shape index (κ1) is 21.5. The summed E-state index contributed by atoms with van der Waals surface area (Å²) in [5.74, 6) is 0.791. The van der Waals surface area contributed by atoms with Gasteiger partial charge in [0.05, 0.1) is 19.4 Å². The standard InChI is InChI=1S/C21H35O4P/c1-6-24-26(23,25-7-2)15-16-13-18(17-11-9-8-10-12-17)20(22)19(14-16)21(3,4)5/h13-14,17,22H,6-12,15H2,1-5H3. The van der Waals surface area contributed by atoms with Gasteiger partial charge < -0.3 is 14.2 Å². The van der Waals surface area contributed by atoms with Crippen LogP contribution in [0.2, 0.25) is 0 Å². The Kier molecular flexibility index (Phi) is 7.35. The highest BCUT2D eigenvalue weighted by Crippen LogP contribution is 2.52. The minimum atomic E-state index is -3.17. The summed E-state index contributed by atoms with van der Waals surface area (Å²) >= 11 is 0. The Morgan fingerprint density at radius 3 is 2.15 bits per heavy atom. The molecule has 0 radical (unpaired) electrons. The lowest BCUT2D eigenvalue weighted by Crippen LogP contribution is -2.15. The molecular formula is C21H35O4P. The first-order valence-corrected chi connectivity index (χ1v) is 11.7. The summed E-state index contributed by atoms with van der Waals surface area (Å²) in [4.78, 5) is 0. The predicted molar refractivity (Wildman–Crippen MR) is 107 cm³/mol. The second-order valence-electron chi connectivity index (χ2n) is 8.27. The molecule has 0 spiro atoms. The van der Waals surface area contributed by atoms with E-state index in [-0.39, 0.29) is 11.6 Å². The highest BCUT2D eigenvalue weighted by Gasteiger charge is 2.29. The first-order valence-electron chi connectivity index (χ1n) is 9.94. The van der Waals surface area contributed by atoms with Gasteiger partial charge in [0.15, 0.2) is 0 Å². The third-order valence-corrected chi connectivity index (χ3v) is 7.14. The Bertz CT molecular complexity index is 632. The normalized spacial score (nSPS) is 16.8. The van der Waals surface area contributed by atoms with Crippen LogP contribution < -0.4 is 0 Å². The van der Waals surface area contributed by atoms with Gasteiger partial charge in [0.2, 0.25) is 0 Å². The Labute approximate surface area is 158 Å². The summed E-state index contributed by atoms with van der Waals surface area (Å²) in [5, 5.41) is 11.0. The maximum atomic E-state index is 13.0. The number of phenols is 1. The van der Waals surface area contributed by atoms with Crippen LogP contribution in [0, 0.1) is 0 Å². The van der Waals surface area contributed by atoms with Crippen molar-refractivity contribution in [3.05, 3.63) is 28.8 Å². The second kappa shape index (κ2) is 8.91. The van der Waals surface area contributed by atoms with Crippen molar-refractivity contribution in [1.82, 2.24) is 0 Å². The van der Waals surface area contributed by atoms with E-state index in [4.69, 9.17) is 9.05 Å². The van der Waals surface area contributed by atoms with Crippen molar-refractivity contribution >= 4 is 7.60 Å². The van der Waals surface area contributed by atoms with Gasteiger partial charge in [-0.2, -0.15) is 0 Å². The summed E-state index contributed by atoms with van der Waals surface area (Å²) in [6.07, 6.45) is 6.14. The lowest BCUT2D eigenvalue weighted by Gasteiger charge is -2.29. The Morgan fingerprint density at radius 2 is 1.65 bits per heavy atom. The minimum Gasteiger partial charge on any atom is -0.507 e. The Morgan fingerprint density at radius 1 is 1.08 bits per heavy atom. The summed E-state index contributed by atoms with van der Waals surface area (Å²) in [6, 6.07) is 4.01. The van der Waals surface area contributed by atoms with Crippen LogP contribution >= 0.6 is 7.60 Å². The van der Waals surface area contributed by atoms with Gasteiger partial charge in [-0.1, -0.05) is 52.2 Å². The highest BCUT2D eigenvalue weighted by atomic mass is 31.2.